The summed E-state index contributed by atoms with van der Waals surface area (Å²) in [7, 11) is 0. The number of amidine groups is 1. The highest BCUT2D eigenvalue weighted by molar-refractivity contribution is 5.77. The molecule has 0 aromatic heterocycles. The first-order valence-electron chi connectivity index (χ1n) is 4.44. The Morgan fingerprint density at radius 3 is 2.71 bits per heavy atom. The summed E-state index contributed by atoms with van der Waals surface area (Å²) in [6.07, 6.45) is 4.71. The number of nitrogens with two attached hydrogens (primary N) is 2. The average Bonchev–Trinajstić information content (AvgIpc) is 2.09. The van der Waals surface area contributed by atoms with Gasteiger partial charge in [0, 0.05) is 6.54 Å². The molecular formula is C9H17N3O2. The van der Waals surface area contributed by atoms with Crippen LogP contribution in [0.15, 0.2) is 17.1 Å². The van der Waals surface area contributed by atoms with Gasteiger partial charge in [-0.25, -0.2) is 0 Å². The smallest absolute Gasteiger partial charge is 0.320 e. The van der Waals surface area contributed by atoms with Gasteiger partial charge in [0.15, 0.2) is 0 Å². The van der Waals surface area contributed by atoms with Gasteiger partial charge in [-0.2, -0.15) is 0 Å². The molecule has 5 heteroatoms. The Bertz CT molecular complexity index is 232. The fourth-order valence-corrected chi connectivity index (χ4v) is 0.777. The molecule has 0 saturated carbocycles. The molecule has 0 bridgehead atoms. The van der Waals surface area contributed by atoms with Gasteiger partial charge in [0.1, 0.15) is 6.04 Å². The van der Waals surface area contributed by atoms with E-state index in [1.54, 1.807) is 13.0 Å². The Morgan fingerprint density at radius 2 is 2.21 bits per heavy atom. The molecule has 0 fully saturated rings. The number of rotatable bonds is 6. The standard InChI is InChI=1S/C9H17N3O2/c1-7(10)12-6-4-2-3-5-8(11)9(13)14/h2-3,8H,4-6,11H2,1H3,(H2,10,12)(H,13,14)/b3-2+. The Balaban J connectivity index is 3.55. The molecule has 0 aliphatic carbocycles. The molecule has 0 aliphatic heterocycles. The molecule has 14 heavy (non-hydrogen) atoms. The second kappa shape index (κ2) is 7.08. The molecule has 0 saturated heterocycles. The Hall–Kier alpha value is -1.36. The second-order valence-corrected chi connectivity index (χ2v) is 2.96. The fourth-order valence-electron chi connectivity index (χ4n) is 0.777. The number of aliphatic imine (C=N–C) groups is 1. The first-order valence-corrected chi connectivity index (χ1v) is 4.44. The molecule has 0 aliphatic rings. The van der Waals surface area contributed by atoms with Crippen molar-refractivity contribution < 1.29 is 9.90 Å². The summed E-state index contributed by atoms with van der Waals surface area (Å²) >= 11 is 0. The molecule has 0 rings (SSSR count). The maximum atomic E-state index is 10.3. The van der Waals surface area contributed by atoms with Gasteiger partial charge in [-0.05, 0) is 19.8 Å². The van der Waals surface area contributed by atoms with E-state index < -0.39 is 12.0 Å². The maximum Gasteiger partial charge on any atom is 0.320 e. The van der Waals surface area contributed by atoms with Crippen LogP contribution in [0.3, 0.4) is 0 Å². The molecule has 0 aromatic rings. The van der Waals surface area contributed by atoms with E-state index in [4.69, 9.17) is 16.6 Å². The van der Waals surface area contributed by atoms with Crippen molar-refractivity contribution in [1.82, 2.24) is 0 Å². The van der Waals surface area contributed by atoms with Crippen LogP contribution in [0.2, 0.25) is 0 Å². The molecule has 1 atom stereocenters. The lowest BCUT2D eigenvalue weighted by Crippen LogP contribution is -2.29. The van der Waals surface area contributed by atoms with Gasteiger partial charge in [0.05, 0.1) is 5.84 Å². The number of carboxylic acids is 1. The van der Waals surface area contributed by atoms with Crippen LogP contribution < -0.4 is 11.5 Å². The Morgan fingerprint density at radius 1 is 1.57 bits per heavy atom. The third kappa shape index (κ3) is 7.30. The van der Waals surface area contributed by atoms with Gasteiger partial charge in [0.25, 0.3) is 0 Å². The minimum Gasteiger partial charge on any atom is -0.480 e. The Kier molecular flexibility index (Phi) is 6.39. The minimum absolute atomic E-state index is 0.348. The van der Waals surface area contributed by atoms with Crippen LogP contribution >= 0.6 is 0 Å². The molecule has 0 radical (unpaired) electrons. The quantitative estimate of drug-likeness (QED) is 0.244. The lowest BCUT2D eigenvalue weighted by molar-refractivity contribution is -0.138. The second-order valence-electron chi connectivity index (χ2n) is 2.96. The van der Waals surface area contributed by atoms with Crippen LogP contribution in [0.5, 0.6) is 0 Å². The molecular weight excluding hydrogens is 182 g/mol. The number of carboxylic acid groups (broad SMARTS) is 1. The van der Waals surface area contributed by atoms with Crippen molar-refractivity contribution in [3.05, 3.63) is 12.2 Å². The minimum atomic E-state index is -0.981. The van der Waals surface area contributed by atoms with E-state index in [-0.39, 0.29) is 0 Å². The van der Waals surface area contributed by atoms with Gasteiger partial charge in [-0.1, -0.05) is 12.2 Å². The van der Waals surface area contributed by atoms with Crippen molar-refractivity contribution in [1.29, 1.82) is 0 Å². The van der Waals surface area contributed by atoms with E-state index in [0.29, 0.717) is 18.8 Å². The predicted octanol–water partition coefficient (Wildman–Crippen LogP) is 0.112. The van der Waals surface area contributed by atoms with Gasteiger partial charge in [0.2, 0.25) is 0 Å². The highest BCUT2D eigenvalue weighted by Gasteiger charge is 2.07. The van der Waals surface area contributed by atoms with E-state index in [1.165, 1.54) is 0 Å². The Labute approximate surface area is 83.5 Å². The SMILES string of the molecule is CC(N)=NCC/C=C/CC(N)C(=O)O. The first-order chi connectivity index (χ1) is 6.54. The summed E-state index contributed by atoms with van der Waals surface area (Å²) in [5, 5.41) is 8.46. The molecule has 5 N–H and O–H groups in total. The van der Waals surface area contributed by atoms with Crippen LogP contribution in [0.4, 0.5) is 0 Å². The van der Waals surface area contributed by atoms with Gasteiger partial charge >= 0.3 is 5.97 Å². The van der Waals surface area contributed by atoms with Gasteiger partial charge in [-0.3, -0.25) is 9.79 Å². The van der Waals surface area contributed by atoms with Crippen LogP contribution in [-0.2, 0) is 4.79 Å². The van der Waals surface area contributed by atoms with Crippen molar-refractivity contribution in [2.24, 2.45) is 16.5 Å². The normalized spacial score (nSPS) is 14.6. The molecule has 80 valence electrons. The molecule has 0 heterocycles. The lowest BCUT2D eigenvalue weighted by atomic mass is 10.2. The van der Waals surface area contributed by atoms with Gasteiger partial charge < -0.3 is 16.6 Å². The van der Waals surface area contributed by atoms with Crippen molar-refractivity contribution in [3.63, 3.8) is 0 Å². The molecule has 1 unspecified atom stereocenters. The third-order valence-corrected chi connectivity index (χ3v) is 1.53. The van der Waals surface area contributed by atoms with Crippen LogP contribution in [0, 0.1) is 0 Å². The lowest BCUT2D eigenvalue weighted by Gasteiger charge is -1.99. The number of carbonyl (C=O) groups is 1. The average molecular weight is 199 g/mol. The van der Waals surface area contributed by atoms with E-state index >= 15 is 0 Å². The highest BCUT2D eigenvalue weighted by atomic mass is 16.4. The maximum absolute atomic E-state index is 10.3. The number of nitrogens with zero attached hydrogens (tertiary/aromatic N) is 1. The number of hydrogen-bond donors (Lipinski definition) is 3. The summed E-state index contributed by atoms with van der Waals surface area (Å²) in [6.45, 7) is 2.35. The van der Waals surface area contributed by atoms with Crippen molar-refractivity contribution in [2.75, 3.05) is 6.54 Å². The van der Waals surface area contributed by atoms with Crippen molar-refractivity contribution in [2.45, 2.75) is 25.8 Å². The van der Waals surface area contributed by atoms with Crippen molar-refractivity contribution >= 4 is 11.8 Å². The zero-order chi connectivity index (χ0) is 11.0. The zero-order valence-corrected chi connectivity index (χ0v) is 8.31. The van der Waals surface area contributed by atoms with Gasteiger partial charge in [-0.15, -0.1) is 0 Å². The molecule has 5 nitrogen and oxygen atoms in total. The van der Waals surface area contributed by atoms with Crippen LogP contribution in [0.1, 0.15) is 19.8 Å². The first kappa shape index (κ1) is 12.6. The summed E-state index contributed by atoms with van der Waals surface area (Å²) < 4.78 is 0. The molecule has 0 aromatic carbocycles. The summed E-state index contributed by atoms with van der Waals surface area (Å²) in [5.41, 5.74) is 10.6. The monoisotopic (exact) mass is 199 g/mol. The summed E-state index contributed by atoms with van der Waals surface area (Å²) in [4.78, 5) is 14.3. The largest absolute Gasteiger partial charge is 0.480 e. The summed E-state index contributed by atoms with van der Waals surface area (Å²) in [6, 6.07) is -0.814. The van der Waals surface area contributed by atoms with Crippen molar-refractivity contribution in [3.8, 4) is 0 Å². The summed E-state index contributed by atoms with van der Waals surface area (Å²) in [5.74, 6) is -0.425. The van der Waals surface area contributed by atoms with Crippen LogP contribution in [-0.4, -0.2) is 29.5 Å². The zero-order valence-electron chi connectivity index (χ0n) is 8.31. The fraction of sp³-hybridized carbons (Fsp3) is 0.556. The van der Waals surface area contributed by atoms with E-state index in [0.717, 1.165) is 6.42 Å². The van der Waals surface area contributed by atoms with E-state index in [2.05, 4.69) is 4.99 Å². The molecule has 0 amide bonds. The highest BCUT2D eigenvalue weighted by Crippen LogP contribution is 1.92. The topological polar surface area (TPSA) is 102 Å². The van der Waals surface area contributed by atoms with E-state index in [1.807, 2.05) is 6.08 Å². The third-order valence-electron chi connectivity index (χ3n) is 1.53. The predicted molar refractivity (Wildman–Crippen MR) is 56.1 cm³/mol. The number of aliphatic carboxylic acids is 1. The van der Waals surface area contributed by atoms with E-state index in [9.17, 15) is 4.79 Å². The van der Waals surface area contributed by atoms with Crippen LogP contribution in [0.25, 0.3) is 0 Å². The molecule has 0 spiro atoms. The number of hydrogen-bond acceptors (Lipinski definition) is 3.